The highest BCUT2D eigenvalue weighted by Crippen LogP contribution is 2.44. The molecule has 2 aliphatic carbocycles. The van der Waals surface area contributed by atoms with Crippen molar-refractivity contribution in [3.63, 3.8) is 0 Å². The van der Waals surface area contributed by atoms with Gasteiger partial charge in [-0.05, 0) is 62.2 Å². The van der Waals surface area contributed by atoms with Gasteiger partial charge in [-0.3, -0.25) is 0 Å². The average Bonchev–Trinajstić information content (AvgIpc) is 3.39. The van der Waals surface area contributed by atoms with Crippen LogP contribution in [0.25, 0.3) is 10.8 Å². The van der Waals surface area contributed by atoms with E-state index in [0.29, 0.717) is 22.3 Å². The molecule has 0 radical (unpaired) electrons. The number of phenols is 1. The van der Waals surface area contributed by atoms with Gasteiger partial charge in [0, 0.05) is 16.5 Å². The van der Waals surface area contributed by atoms with Crippen molar-refractivity contribution in [1.82, 2.24) is 5.32 Å². The van der Waals surface area contributed by atoms with E-state index in [-0.39, 0.29) is 17.9 Å². The Balaban J connectivity index is 1.27. The van der Waals surface area contributed by atoms with Gasteiger partial charge in [-0.15, -0.1) is 0 Å². The van der Waals surface area contributed by atoms with Gasteiger partial charge in [-0.25, -0.2) is 9.59 Å². The molecule has 0 saturated carbocycles. The Kier molecular flexibility index (Phi) is 8.08. The van der Waals surface area contributed by atoms with E-state index < -0.39 is 72.8 Å². The van der Waals surface area contributed by atoms with Gasteiger partial charge in [-0.1, -0.05) is 29.7 Å². The molecular formula is C35H33NO12. The Morgan fingerprint density at radius 1 is 1.17 bits per heavy atom. The number of carbonyl (C=O) groups excluding carboxylic acids is 2. The lowest BCUT2D eigenvalue weighted by molar-refractivity contribution is -0.273. The molecule has 10 atom stereocenters. The molecule has 3 heterocycles. The first-order valence-corrected chi connectivity index (χ1v) is 15.4. The van der Waals surface area contributed by atoms with Crippen LogP contribution in [0.4, 0.5) is 4.79 Å². The highest BCUT2D eigenvalue weighted by molar-refractivity contribution is 6.08. The van der Waals surface area contributed by atoms with E-state index in [4.69, 9.17) is 33.2 Å². The summed E-state index contributed by atoms with van der Waals surface area (Å²) in [6, 6.07) is 5.74. The Labute approximate surface area is 275 Å². The van der Waals surface area contributed by atoms with Crippen molar-refractivity contribution >= 4 is 22.9 Å². The van der Waals surface area contributed by atoms with Crippen molar-refractivity contribution in [2.45, 2.75) is 74.5 Å². The number of hydrogen-bond donors (Lipinski definition) is 4. The Bertz CT molecular complexity index is 1880. The van der Waals surface area contributed by atoms with Crippen LogP contribution in [0.1, 0.15) is 22.8 Å². The average molecular weight is 660 g/mol. The molecule has 4 N–H and O–H groups in total. The van der Waals surface area contributed by atoms with Gasteiger partial charge in [-0.2, -0.15) is 0 Å². The molecule has 3 fully saturated rings. The summed E-state index contributed by atoms with van der Waals surface area (Å²) in [5.41, 5.74) is 0.400. The third-order valence-electron chi connectivity index (χ3n) is 9.23. The molecule has 0 amide bonds. The van der Waals surface area contributed by atoms with E-state index >= 15 is 0 Å². The SMILES string of the molecule is CN[C@@H]1[C@@H](O[C@H]2C3=CC#C[C@@H]4O[C@]4([C@H]4COC(=O)O4)C#CC3=C[C@@H]2OC(=O)c2c(O)ccc3c(C)cc(OC)cc23)O[C@@H](C)[C@H](O)[C@H]1O. The van der Waals surface area contributed by atoms with Crippen LogP contribution in [0.15, 0.2) is 47.6 Å². The summed E-state index contributed by atoms with van der Waals surface area (Å²) in [6.07, 6.45) is -5.56. The maximum atomic E-state index is 14.0. The predicted molar refractivity (Wildman–Crippen MR) is 166 cm³/mol. The maximum Gasteiger partial charge on any atom is 0.508 e. The molecule has 13 nitrogen and oxygen atoms in total. The molecule has 5 aliphatic rings. The number of rotatable bonds is 7. The number of fused-ring (bicyclic) bond motifs is 3. The van der Waals surface area contributed by atoms with Gasteiger partial charge in [0.2, 0.25) is 5.60 Å². The van der Waals surface area contributed by atoms with Gasteiger partial charge in [0.05, 0.1) is 19.3 Å². The number of aliphatic hydroxyl groups excluding tert-OH is 2. The summed E-state index contributed by atoms with van der Waals surface area (Å²) in [4.78, 5) is 25.7. The van der Waals surface area contributed by atoms with Crippen molar-refractivity contribution in [1.29, 1.82) is 0 Å². The molecule has 2 aromatic rings. The van der Waals surface area contributed by atoms with E-state index in [0.717, 1.165) is 10.9 Å². The zero-order chi connectivity index (χ0) is 33.9. The lowest BCUT2D eigenvalue weighted by Gasteiger charge is -2.42. The number of aliphatic hydroxyl groups is 2. The standard InChI is InChI=1S/C35H33NO12/c1-16-12-19(42-4)14-22-20(16)8-9-23(37)27(22)32(40)45-24-13-18-10-11-35(26-15-43-34(41)46-26)25(48-35)7-5-6-21(18)31(24)47-33-28(36-3)30(39)29(38)17(2)44-33/h6,8-9,12-14,17,24-26,28-31,33,36-39H,15H2,1-4H3/t17-,24-,25-,26+,28-,29-,30-,31-,33+,35+/m0/s1. The van der Waals surface area contributed by atoms with Crippen LogP contribution < -0.4 is 10.1 Å². The van der Waals surface area contributed by atoms with Gasteiger partial charge in [0.25, 0.3) is 0 Å². The Morgan fingerprint density at radius 2 is 1.98 bits per heavy atom. The number of aromatic hydroxyl groups is 1. The van der Waals surface area contributed by atoms with E-state index in [9.17, 15) is 24.9 Å². The van der Waals surface area contributed by atoms with Crippen molar-refractivity contribution in [3.05, 3.63) is 58.7 Å². The number of carbonyl (C=O) groups is 2. The number of esters is 1. The minimum absolute atomic E-state index is 0.0490. The minimum Gasteiger partial charge on any atom is -0.507 e. The van der Waals surface area contributed by atoms with E-state index in [1.807, 2.05) is 13.0 Å². The van der Waals surface area contributed by atoms with Crippen molar-refractivity contribution in [2.75, 3.05) is 20.8 Å². The second-order valence-electron chi connectivity index (χ2n) is 12.1. The summed E-state index contributed by atoms with van der Waals surface area (Å²) >= 11 is 0. The number of allylic oxidation sites excluding steroid dienone is 1. The van der Waals surface area contributed by atoms with Crippen molar-refractivity contribution in [2.24, 2.45) is 0 Å². The zero-order valence-electron chi connectivity index (χ0n) is 26.4. The van der Waals surface area contributed by atoms with Gasteiger partial charge in [0.1, 0.15) is 42.0 Å². The lowest BCUT2D eigenvalue weighted by atomic mass is 9.97. The number of aryl methyl sites for hydroxylation is 1. The van der Waals surface area contributed by atoms with Crippen LogP contribution in [-0.4, -0.2) is 109 Å². The third kappa shape index (κ3) is 5.35. The fourth-order valence-corrected chi connectivity index (χ4v) is 6.50. The number of hydrogen-bond acceptors (Lipinski definition) is 13. The second kappa shape index (κ2) is 12.1. The van der Waals surface area contributed by atoms with E-state index in [2.05, 4.69) is 29.0 Å². The first kappa shape index (κ1) is 32.0. The number of epoxide rings is 1. The summed E-state index contributed by atoms with van der Waals surface area (Å²) in [7, 11) is 3.10. The molecule has 0 spiro atoms. The van der Waals surface area contributed by atoms with Crippen molar-refractivity contribution < 1.29 is 58.1 Å². The number of nitrogens with one attached hydrogen (secondary N) is 1. The normalized spacial score (nSPS) is 34.6. The van der Waals surface area contributed by atoms with E-state index in [1.54, 1.807) is 38.3 Å². The minimum atomic E-state index is -1.24. The van der Waals surface area contributed by atoms with Crippen LogP contribution in [0, 0.1) is 30.6 Å². The zero-order valence-corrected chi connectivity index (χ0v) is 26.4. The molecule has 3 saturated heterocycles. The summed E-state index contributed by atoms with van der Waals surface area (Å²) in [5, 5.41) is 36.3. The molecule has 13 heteroatoms. The molecule has 0 bridgehead atoms. The summed E-state index contributed by atoms with van der Waals surface area (Å²) in [6.45, 7) is 3.42. The fraction of sp³-hybridized carbons (Fsp3) is 0.429. The molecule has 2 aromatic carbocycles. The van der Waals surface area contributed by atoms with Crippen molar-refractivity contribution in [3.8, 4) is 35.2 Å². The maximum absolute atomic E-state index is 14.0. The summed E-state index contributed by atoms with van der Waals surface area (Å²) in [5.74, 6) is 11.4. The number of phenolic OH excluding ortho intramolecular Hbond substituents is 1. The number of cyclic esters (lactones) is 2. The number of benzene rings is 2. The van der Waals surface area contributed by atoms with Gasteiger partial charge < -0.3 is 53.8 Å². The van der Waals surface area contributed by atoms with Gasteiger partial charge in [0.15, 0.2) is 24.6 Å². The van der Waals surface area contributed by atoms with Gasteiger partial charge >= 0.3 is 12.1 Å². The first-order chi connectivity index (χ1) is 23.0. The fourth-order valence-electron chi connectivity index (χ4n) is 6.50. The Morgan fingerprint density at radius 3 is 2.71 bits per heavy atom. The third-order valence-corrected chi connectivity index (χ3v) is 9.23. The lowest BCUT2D eigenvalue weighted by Crippen LogP contribution is -2.62. The van der Waals surface area contributed by atoms with Crippen LogP contribution >= 0.6 is 0 Å². The predicted octanol–water partition coefficient (Wildman–Crippen LogP) is 1.39. The largest absolute Gasteiger partial charge is 0.508 e. The topological polar surface area (TPSA) is 175 Å². The second-order valence-corrected chi connectivity index (χ2v) is 12.1. The number of ether oxygens (including phenoxy) is 7. The quantitative estimate of drug-likeness (QED) is 0.191. The highest BCUT2D eigenvalue weighted by Gasteiger charge is 2.65. The monoisotopic (exact) mass is 659 g/mol. The molecule has 0 aromatic heterocycles. The molecule has 250 valence electrons. The van der Waals surface area contributed by atoms with Crippen LogP contribution in [0.5, 0.6) is 11.5 Å². The highest BCUT2D eigenvalue weighted by atomic mass is 16.8. The first-order valence-electron chi connectivity index (χ1n) is 15.4. The number of likely N-dealkylation sites (N-methyl/N-ethyl adjacent to an activating group) is 1. The molecule has 3 aliphatic heterocycles. The van der Waals surface area contributed by atoms with Crippen LogP contribution in [0.2, 0.25) is 0 Å². The van der Waals surface area contributed by atoms with Crippen LogP contribution in [-0.2, 0) is 28.4 Å². The number of methoxy groups -OCH3 is 1. The van der Waals surface area contributed by atoms with E-state index in [1.165, 1.54) is 13.2 Å². The molecule has 0 unspecified atom stereocenters. The smallest absolute Gasteiger partial charge is 0.507 e. The van der Waals surface area contributed by atoms with Crippen LogP contribution in [0.3, 0.4) is 0 Å². The molecular weight excluding hydrogens is 626 g/mol. The molecule has 48 heavy (non-hydrogen) atoms. The molecule has 7 rings (SSSR count). The Hall–Kier alpha value is -4.60. The summed E-state index contributed by atoms with van der Waals surface area (Å²) < 4.78 is 40.0.